The highest BCUT2D eigenvalue weighted by molar-refractivity contribution is 7.20. The summed E-state index contributed by atoms with van der Waals surface area (Å²) in [6.07, 6.45) is 0. The SMILES string of the molecule is Cc1cccc(-c2c3ccsc3c(-c3cccc(C)c3)c3ccsc23)c1. The Morgan fingerprint density at radius 3 is 1.46 bits per heavy atom. The van der Waals surface area contributed by atoms with Crippen LogP contribution in [0.15, 0.2) is 71.4 Å². The third-order valence-electron chi connectivity index (χ3n) is 4.94. The van der Waals surface area contributed by atoms with E-state index in [2.05, 4.69) is 85.3 Å². The van der Waals surface area contributed by atoms with Crippen LogP contribution in [0, 0.1) is 13.8 Å². The molecule has 126 valence electrons. The van der Waals surface area contributed by atoms with Gasteiger partial charge < -0.3 is 0 Å². The van der Waals surface area contributed by atoms with Gasteiger partial charge in [-0.25, -0.2) is 0 Å². The van der Waals surface area contributed by atoms with Crippen molar-refractivity contribution in [1.82, 2.24) is 0 Å². The molecular formula is C24H18S2. The largest absolute Gasteiger partial charge is 0.143 e. The van der Waals surface area contributed by atoms with Gasteiger partial charge in [0.2, 0.25) is 0 Å². The molecule has 0 amide bonds. The van der Waals surface area contributed by atoms with E-state index in [1.54, 1.807) is 0 Å². The van der Waals surface area contributed by atoms with Gasteiger partial charge in [-0.05, 0) is 47.9 Å². The van der Waals surface area contributed by atoms with Gasteiger partial charge in [0.1, 0.15) is 0 Å². The molecule has 0 radical (unpaired) electrons. The summed E-state index contributed by atoms with van der Waals surface area (Å²) >= 11 is 3.70. The summed E-state index contributed by atoms with van der Waals surface area (Å²) in [4.78, 5) is 0. The van der Waals surface area contributed by atoms with Crippen molar-refractivity contribution in [3.8, 4) is 22.3 Å². The van der Waals surface area contributed by atoms with Crippen molar-refractivity contribution in [2.75, 3.05) is 0 Å². The van der Waals surface area contributed by atoms with Gasteiger partial charge in [0, 0.05) is 31.3 Å². The molecule has 0 fully saturated rings. The number of hydrogen-bond donors (Lipinski definition) is 0. The van der Waals surface area contributed by atoms with Crippen molar-refractivity contribution < 1.29 is 0 Å². The smallest absolute Gasteiger partial charge is 0.0434 e. The Morgan fingerprint density at radius 2 is 1.04 bits per heavy atom. The predicted octanol–water partition coefficient (Wildman–Crippen LogP) is 8.07. The van der Waals surface area contributed by atoms with E-state index >= 15 is 0 Å². The maximum atomic E-state index is 2.30. The molecule has 2 aromatic heterocycles. The predicted molar refractivity (Wildman–Crippen MR) is 118 cm³/mol. The highest BCUT2D eigenvalue weighted by Gasteiger charge is 2.18. The van der Waals surface area contributed by atoms with Crippen LogP contribution in [0.3, 0.4) is 0 Å². The lowest BCUT2D eigenvalue weighted by Gasteiger charge is -2.13. The molecule has 5 aromatic rings. The maximum Gasteiger partial charge on any atom is 0.0434 e. The van der Waals surface area contributed by atoms with E-state index in [0.29, 0.717) is 0 Å². The van der Waals surface area contributed by atoms with Crippen LogP contribution in [-0.2, 0) is 0 Å². The third-order valence-corrected chi connectivity index (χ3v) is 6.80. The summed E-state index contributed by atoms with van der Waals surface area (Å²) < 4.78 is 2.77. The summed E-state index contributed by atoms with van der Waals surface area (Å²) in [6, 6.07) is 22.3. The molecule has 0 spiro atoms. The van der Waals surface area contributed by atoms with Crippen molar-refractivity contribution in [2.24, 2.45) is 0 Å². The molecule has 26 heavy (non-hydrogen) atoms. The van der Waals surface area contributed by atoms with Crippen LogP contribution in [0.1, 0.15) is 11.1 Å². The molecule has 0 unspecified atom stereocenters. The number of fused-ring (bicyclic) bond motifs is 2. The molecule has 0 aliphatic carbocycles. The number of hydrogen-bond acceptors (Lipinski definition) is 2. The molecule has 0 saturated carbocycles. The lowest BCUT2D eigenvalue weighted by atomic mass is 9.93. The minimum Gasteiger partial charge on any atom is -0.143 e. The van der Waals surface area contributed by atoms with Crippen LogP contribution >= 0.6 is 22.7 Å². The Labute approximate surface area is 161 Å². The van der Waals surface area contributed by atoms with E-state index in [1.165, 1.54) is 53.6 Å². The quantitative estimate of drug-likeness (QED) is 0.295. The zero-order valence-corrected chi connectivity index (χ0v) is 16.4. The summed E-state index contributed by atoms with van der Waals surface area (Å²) in [6.45, 7) is 4.34. The Kier molecular flexibility index (Phi) is 3.70. The van der Waals surface area contributed by atoms with Crippen LogP contribution in [0.5, 0.6) is 0 Å². The standard InChI is InChI=1S/C24H18S2/c1-15-5-3-7-17(13-15)21-19-9-11-26-24(19)22(20-10-12-25-23(20)21)18-8-4-6-16(2)14-18/h3-14H,1-2H3. The molecule has 2 heteroatoms. The second kappa shape index (κ2) is 6.08. The second-order valence-corrected chi connectivity index (χ2v) is 8.65. The van der Waals surface area contributed by atoms with Crippen molar-refractivity contribution in [3.05, 3.63) is 82.6 Å². The number of aryl methyl sites for hydroxylation is 2. The second-order valence-electron chi connectivity index (χ2n) is 6.82. The van der Waals surface area contributed by atoms with Crippen LogP contribution in [0.2, 0.25) is 0 Å². The van der Waals surface area contributed by atoms with Crippen LogP contribution in [-0.4, -0.2) is 0 Å². The van der Waals surface area contributed by atoms with Crippen LogP contribution in [0.25, 0.3) is 42.4 Å². The molecule has 0 N–H and O–H groups in total. The average molecular weight is 371 g/mol. The first-order valence-electron chi connectivity index (χ1n) is 8.77. The van der Waals surface area contributed by atoms with E-state index in [0.717, 1.165) is 0 Å². The molecule has 3 aromatic carbocycles. The van der Waals surface area contributed by atoms with E-state index in [9.17, 15) is 0 Å². The highest BCUT2D eigenvalue weighted by Crippen LogP contribution is 2.47. The molecule has 0 aliphatic rings. The molecule has 0 bridgehead atoms. The maximum absolute atomic E-state index is 2.30. The Balaban J connectivity index is 1.94. The first kappa shape index (κ1) is 15.8. The number of thiophene rings is 2. The molecule has 0 atom stereocenters. The van der Waals surface area contributed by atoms with Gasteiger partial charge in [0.15, 0.2) is 0 Å². The average Bonchev–Trinajstić information content (AvgIpc) is 3.28. The van der Waals surface area contributed by atoms with Crippen molar-refractivity contribution in [2.45, 2.75) is 13.8 Å². The minimum atomic E-state index is 1.30. The molecular weight excluding hydrogens is 352 g/mol. The summed E-state index contributed by atoms with van der Waals surface area (Å²) in [5.74, 6) is 0. The molecule has 5 rings (SSSR count). The molecule has 0 saturated heterocycles. The van der Waals surface area contributed by atoms with Crippen molar-refractivity contribution in [1.29, 1.82) is 0 Å². The topological polar surface area (TPSA) is 0 Å². The van der Waals surface area contributed by atoms with Gasteiger partial charge in [-0.1, -0.05) is 59.7 Å². The summed E-state index contributed by atoms with van der Waals surface area (Å²) in [5.41, 5.74) is 8.00. The van der Waals surface area contributed by atoms with Gasteiger partial charge in [-0.2, -0.15) is 0 Å². The normalized spacial score (nSPS) is 11.5. The lowest BCUT2D eigenvalue weighted by molar-refractivity contribution is 1.47. The van der Waals surface area contributed by atoms with E-state index < -0.39 is 0 Å². The van der Waals surface area contributed by atoms with E-state index in [1.807, 2.05) is 22.7 Å². The van der Waals surface area contributed by atoms with Crippen LogP contribution in [0.4, 0.5) is 0 Å². The van der Waals surface area contributed by atoms with Gasteiger partial charge in [0.25, 0.3) is 0 Å². The fourth-order valence-corrected chi connectivity index (χ4v) is 5.78. The first-order chi connectivity index (χ1) is 12.7. The van der Waals surface area contributed by atoms with Crippen molar-refractivity contribution in [3.63, 3.8) is 0 Å². The minimum absolute atomic E-state index is 1.30. The molecule has 0 nitrogen and oxygen atoms in total. The van der Waals surface area contributed by atoms with Gasteiger partial charge in [-0.15, -0.1) is 22.7 Å². The van der Waals surface area contributed by atoms with Gasteiger partial charge >= 0.3 is 0 Å². The number of benzene rings is 3. The fourth-order valence-electron chi connectivity index (χ4n) is 3.82. The number of rotatable bonds is 2. The van der Waals surface area contributed by atoms with E-state index in [4.69, 9.17) is 0 Å². The molecule has 0 aliphatic heterocycles. The Morgan fingerprint density at radius 1 is 0.577 bits per heavy atom. The fraction of sp³-hybridized carbons (Fsp3) is 0.0833. The molecule has 2 heterocycles. The third kappa shape index (κ3) is 2.41. The zero-order valence-electron chi connectivity index (χ0n) is 14.7. The Bertz CT molecular complexity index is 1110. The van der Waals surface area contributed by atoms with Gasteiger partial charge in [0.05, 0.1) is 0 Å². The lowest BCUT2D eigenvalue weighted by Crippen LogP contribution is -1.86. The van der Waals surface area contributed by atoms with Gasteiger partial charge in [-0.3, -0.25) is 0 Å². The first-order valence-corrected chi connectivity index (χ1v) is 10.5. The van der Waals surface area contributed by atoms with Crippen molar-refractivity contribution >= 4 is 42.8 Å². The highest BCUT2D eigenvalue weighted by atomic mass is 32.1. The monoisotopic (exact) mass is 370 g/mol. The summed E-state index contributed by atoms with van der Waals surface area (Å²) in [7, 11) is 0. The van der Waals surface area contributed by atoms with Crippen LogP contribution < -0.4 is 0 Å². The zero-order chi connectivity index (χ0) is 17.7. The van der Waals surface area contributed by atoms with E-state index in [-0.39, 0.29) is 0 Å². The summed E-state index contributed by atoms with van der Waals surface area (Å²) in [5, 5.41) is 7.19. The Hall–Kier alpha value is -2.42.